The first-order valence-electron chi connectivity index (χ1n) is 7.33. The molecule has 1 aromatic rings. The molecule has 0 unspecified atom stereocenters. The Balaban J connectivity index is 2.05. The lowest BCUT2D eigenvalue weighted by molar-refractivity contribution is 0.175. The molecule has 0 atom stereocenters. The second-order valence-corrected chi connectivity index (χ2v) is 5.39. The molecule has 0 spiro atoms. The van der Waals surface area contributed by atoms with Crippen molar-refractivity contribution >= 4 is 0 Å². The van der Waals surface area contributed by atoms with Crippen LogP contribution in [0.2, 0.25) is 0 Å². The fraction of sp³-hybridized carbons (Fsp3) is 0.529. The van der Waals surface area contributed by atoms with Gasteiger partial charge in [0.15, 0.2) is 0 Å². The van der Waals surface area contributed by atoms with Crippen molar-refractivity contribution in [2.24, 2.45) is 5.92 Å². The molecule has 0 aromatic heterocycles. The Bertz CT molecular complexity index is 495. The quantitative estimate of drug-likeness (QED) is 0.857. The lowest BCUT2D eigenvalue weighted by Gasteiger charge is -2.31. The van der Waals surface area contributed by atoms with Gasteiger partial charge in [-0.05, 0) is 49.5 Å². The molecule has 1 aromatic carbocycles. The molecule has 3 heteroatoms. The summed E-state index contributed by atoms with van der Waals surface area (Å²) in [4.78, 5) is 2.41. The molecule has 1 saturated heterocycles. The highest BCUT2D eigenvalue weighted by Crippen LogP contribution is 2.22. The van der Waals surface area contributed by atoms with Crippen molar-refractivity contribution < 1.29 is 9.50 Å². The number of likely N-dealkylation sites (tertiary alicyclic amines) is 1. The Hall–Kier alpha value is -1.37. The fourth-order valence-electron chi connectivity index (χ4n) is 2.73. The summed E-state index contributed by atoms with van der Waals surface area (Å²) < 4.78 is 13.3. The third-order valence-corrected chi connectivity index (χ3v) is 4.05. The standard InChI is InChI=1S/C17H22FNO/c1-2-14-7-9-19(10-8-14)13-16-5-6-17(18)12-15(16)4-3-11-20/h5-6,12,14,20H,2,7-11,13H2,1H3. The van der Waals surface area contributed by atoms with Gasteiger partial charge in [-0.15, -0.1) is 0 Å². The highest BCUT2D eigenvalue weighted by atomic mass is 19.1. The van der Waals surface area contributed by atoms with E-state index in [4.69, 9.17) is 5.11 Å². The van der Waals surface area contributed by atoms with Crippen molar-refractivity contribution in [1.29, 1.82) is 0 Å². The van der Waals surface area contributed by atoms with Gasteiger partial charge in [-0.1, -0.05) is 31.3 Å². The SMILES string of the molecule is CCC1CCN(Cc2ccc(F)cc2C#CCO)CC1. The maximum atomic E-state index is 13.3. The van der Waals surface area contributed by atoms with Gasteiger partial charge in [0, 0.05) is 12.1 Å². The number of piperidine rings is 1. The summed E-state index contributed by atoms with van der Waals surface area (Å²) in [5.41, 5.74) is 1.74. The third kappa shape index (κ3) is 4.06. The van der Waals surface area contributed by atoms with Crippen molar-refractivity contribution in [2.45, 2.75) is 32.7 Å². The Morgan fingerprint density at radius 2 is 2.10 bits per heavy atom. The molecule has 1 aliphatic rings. The van der Waals surface area contributed by atoms with Crippen LogP contribution in [-0.4, -0.2) is 29.7 Å². The smallest absolute Gasteiger partial charge is 0.124 e. The lowest BCUT2D eigenvalue weighted by atomic mass is 9.94. The topological polar surface area (TPSA) is 23.5 Å². The van der Waals surface area contributed by atoms with Crippen LogP contribution in [0.3, 0.4) is 0 Å². The zero-order valence-corrected chi connectivity index (χ0v) is 12.0. The largest absolute Gasteiger partial charge is 0.384 e. The van der Waals surface area contributed by atoms with Crippen LogP contribution in [0, 0.1) is 23.6 Å². The van der Waals surface area contributed by atoms with Gasteiger partial charge in [0.1, 0.15) is 12.4 Å². The molecule has 1 heterocycles. The minimum atomic E-state index is -0.277. The second kappa shape index (κ2) is 7.42. The van der Waals surface area contributed by atoms with Crippen LogP contribution in [0.5, 0.6) is 0 Å². The summed E-state index contributed by atoms with van der Waals surface area (Å²) in [6.45, 7) is 5.07. The summed E-state index contributed by atoms with van der Waals surface area (Å²) in [5, 5.41) is 8.79. The molecule has 0 radical (unpaired) electrons. The van der Waals surface area contributed by atoms with Gasteiger partial charge in [0.05, 0.1) is 0 Å². The van der Waals surface area contributed by atoms with Crippen molar-refractivity contribution in [3.63, 3.8) is 0 Å². The number of hydrogen-bond donors (Lipinski definition) is 1. The monoisotopic (exact) mass is 275 g/mol. The Labute approximate surface area is 120 Å². The van der Waals surface area contributed by atoms with Crippen LogP contribution in [0.15, 0.2) is 18.2 Å². The Morgan fingerprint density at radius 3 is 2.75 bits per heavy atom. The molecule has 108 valence electrons. The summed E-state index contributed by atoms with van der Waals surface area (Å²) in [6, 6.07) is 4.75. The highest BCUT2D eigenvalue weighted by Gasteiger charge is 2.18. The average Bonchev–Trinajstić information content (AvgIpc) is 2.48. The van der Waals surface area contributed by atoms with Crippen LogP contribution >= 0.6 is 0 Å². The molecular weight excluding hydrogens is 253 g/mol. The van der Waals surface area contributed by atoms with Crippen LogP contribution in [0.1, 0.15) is 37.3 Å². The first-order chi connectivity index (χ1) is 9.72. The summed E-state index contributed by atoms with van der Waals surface area (Å²) in [7, 11) is 0. The first-order valence-corrected chi connectivity index (χ1v) is 7.33. The molecule has 2 rings (SSSR count). The lowest BCUT2D eigenvalue weighted by Crippen LogP contribution is -2.33. The molecule has 2 nitrogen and oxygen atoms in total. The minimum absolute atomic E-state index is 0.197. The normalized spacial score (nSPS) is 16.8. The van der Waals surface area contributed by atoms with E-state index in [-0.39, 0.29) is 12.4 Å². The number of nitrogens with zero attached hydrogens (tertiary/aromatic N) is 1. The van der Waals surface area contributed by atoms with Crippen LogP contribution in [-0.2, 0) is 6.54 Å². The van der Waals surface area contributed by atoms with Crippen LogP contribution in [0.4, 0.5) is 4.39 Å². The third-order valence-electron chi connectivity index (χ3n) is 4.05. The molecule has 0 saturated carbocycles. The first kappa shape index (κ1) is 15.0. The maximum absolute atomic E-state index is 13.3. The molecule has 0 aliphatic carbocycles. The highest BCUT2D eigenvalue weighted by molar-refractivity contribution is 5.41. The van der Waals surface area contributed by atoms with Gasteiger partial charge in [0.25, 0.3) is 0 Å². The number of rotatable bonds is 3. The predicted octanol–water partition coefficient (Wildman–Crippen LogP) is 2.79. The molecule has 20 heavy (non-hydrogen) atoms. The molecule has 1 N–H and O–H groups in total. The van der Waals surface area contributed by atoms with E-state index in [9.17, 15) is 4.39 Å². The van der Waals surface area contributed by atoms with E-state index in [0.717, 1.165) is 31.1 Å². The number of benzene rings is 1. The van der Waals surface area contributed by atoms with Gasteiger partial charge >= 0.3 is 0 Å². The van der Waals surface area contributed by atoms with E-state index < -0.39 is 0 Å². The Kier molecular flexibility index (Phi) is 5.58. The maximum Gasteiger partial charge on any atom is 0.124 e. The van der Waals surface area contributed by atoms with Crippen LogP contribution < -0.4 is 0 Å². The number of halogens is 1. The second-order valence-electron chi connectivity index (χ2n) is 5.39. The van der Waals surface area contributed by atoms with Gasteiger partial charge in [-0.2, -0.15) is 0 Å². The van der Waals surface area contributed by atoms with E-state index >= 15 is 0 Å². The predicted molar refractivity (Wildman–Crippen MR) is 78.7 cm³/mol. The van der Waals surface area contributed by atoms with E-state index in [0.29, 0.717) is 5.56 Å². The minimum Gasteiger partial charge on any atom is -0.384 e. The van der Waals surface area contributed by atoms with Gasteiger partial charge < -0.3 is 5.11 Å². The molecular formula is C17H22FNO. The molecule has 0 bridgehead atoms. The molecule has 1 fully saturated rings. The van der Waals surface area contributed by atoms with Gasteiger partial charge in [-0.3, -0.25) is 4.90 Å². The number of hydrogen-bond acceptors (Lipinski definition) is 2. The van der Waals surface area contributed by atoms with Crippen molar-refractivity contribution in [2.75, 3.05) is 19.7 Å². The number of aliphatic hydroxyl groups excluding tert-OH is 1. The molecule has 1 aliphatic heterocycles. The van der Waals surface area contributed by atoms with Gasteiger partial charge in [-0.25, -0.2) is 4.39 Å². The fourth-order valence-corrected chi connectivity index (χ4v) is 2.73. The zero-order valence-electron chi connectivity index (χ0n) is 12.0. The van der Waals surface area contributed by atoms with E-state index in [2.05, 4.69) is 23.7 Å². The number of aliphatic hydroxyl groups is 1. The summed E-state index contributed by atoms with van der Waals surface area (Å²) >= 11 is 0. The van der Waals surface area contributed by atoms with Crippen molar-refractivity contribution in [1.82, 2.24) is 4.90 Å². The van der Waals surface area contributed by atoms with E-state index in [1.807, 2.05) is 6.07 Å². The van der Waals surface area contributed by atoms with Crippen LogP contribution in [0.25, 0.3) is 0 Å². The van der Waals surface area contributed by atoms with Crippen molar-refractivity contribution in [3.8, 4) is 11.8 Å². The average molecular weight is 275 g/mol. The Morgan fingerprint density at radius 1 is 1.35 bits per heavy atom. The van der Waals surface area contributed by atoms with E-state index in [1.54, 1.807) is 0 Å². The van der Waals surface area contributed by atoms with E-state index in [1.165, 1.54) is 31.4 Å². The summed E-state index contributed by atoms with van der Waals surface area (Å²) in [5.74, 6) is 6.03. The van der Waals surface area contributed by atoms with Crippen molar-refractivity contribution in [3.05, 3.63) is 35.1 Å². The van der Waals surface area contributed by atoms with Gasteiger partial charge in [0.2, 0.25) is 0 Å². The summed E-state index contributed by atoms with van der Waals surface area (Å²) in [6.07, 6.45) is 3.75. The zero-order chi connectivity index (χ0) is 14.4. The molecule has 0 amide bonds.